The third kappa shape index (κ3) is 3.68. The molecule has 3 aromatic heterocycles. The van der Waals surface area contributed by atoms with Crippen molar-refractivity contribution in [3.05, 3.63) is 59.2 Å². The second-order valence-corrected chi connectivity index (χ2v) is 7.83. The molecule has 1 radical (unpaired) electrons. The molecule has 0 saturated heterocycles. The Labute approximate surface area is 178 Å². The fourth-order valence-electron chi connectivity index (χ4n) is 4.15. The van der Waals surface area contributed by atoms with E-state index in [1.807, 2.05) is 7.41 Å². The van der Waals surface area contributed by atoms with Crippen LogP contribution in [0.5, 0.6) is 0 Å². The molecule has 10 nitrogen and oxygen atoms in total. The summed E-state index contributed by atoms with van der Waals surface area (Å²) in [4.78, 5) is 11.0. The fraction of sp³-hybridized carbons (Fsp3) is 0.300. The Hall–Kier alpha value is -3.60. The Bertz CT molecular complexity index is 1180. The molecule has 0 amide bonds. The third-order valence-electron chi connectivity index (χ3n) is 5.71. The van der Waals surface area contributed by atoms with Crippen LogP contribution in [0, 0.1) is 0 Å². The zero-order valence-electron chi connectivity index (χ0n) is 16.7. The number of aromatic nitrogens is 7. The van der Waals surface area contributed by atoms with Crippen LogP contribution >= 0.6 is 0 Å². The highest BCUT2D eigenvalue weighted by molar-refractivity contribution is 6.47. The first kappa shape index (κ1) is 18.2. The molecule has 4 aromatic rings. The van der Waals surface area contributed by atoms with Gasteiger partial charge in [0.05, 0.1) is 17.0 Å². The maximum absolute atomic E-state index is 5.79. The number of nitrogens with zero attached hydrogens (tertiary/aromatic N) is 7. The van der Waals surface area contributed by atoms with E-state index in [4.69, 9.17) is 4.42 Å². The molecule has 1 aliphatic heterocycles. The summed E-state index contributed by atoms with van der Waals surface area (Å²) in [6.07, 6.45) is 6.21. The zero-order valence-corrected chi connectivity index (χ0v) is 16.7. The first-order chi connectivity index (χ1) is 15.3. The van der Waals surface area contributed by atoms with Crippen molar-refractivity contribution in [3.8, 4) is 11.5 Å². The van der Waals surface area contributed by atoms with Gasteiger partial charge in [0.15, 0.2) is 5.79 Å². The monoisotopic (exact) mass is 412 g/mol. The van der Waals surface area contributed by atoms with Gasteiger partial charge in [-0.3, -0.25) is 0 Å². The quantitative estimate of drug-likeness (QED) is 0.452. The topological polar surface area (TPSA) is 122 Å². The van der Waals surface area contributed by atoms with Crippen molar-refractivity contribution >= 4 is 19.2 Å². The van der Waals surface area contributed by atoms with Crippen LogP contribution in [0.2, 0.25) is 0 Å². The van der Waals surface area contributed by atoms with E-state index in [9.17, 15) is 0 Å². The lowest BCUT2D eigenvalue weighted by Gasteiger charge is -2.22. The molecular formula is C20H19BN9O. The number of nitrogens with one attached hydrogen (secondary N) is 2. The van der Waals surface area contributed by atoms with E-state index >= 15 is 0 Å². The van der Waals surface area contributed by atoms with Crippen molar-refractivity contribution in [1.29, 1.82) is 0 Å². The second-order valence-electron chi connectivity index (χ2n) is 7.83. The molecule has 0 bridgehead atoms. The Morgan fingerprint density at radius 2 is 1.81 bits per heavy atom. The number of hydrogen-bond donors (Lipinski definition) is 2. The molecule has 6 rings (SSSR count). The van der Waals surface area contributed by atoms with Gasteiger partial charge in [0, 0.05) is 31.4 Å². The molecule has 0 unspecified atom stereocenters. The predicted octanol–water partition coefficient (Wildman–Crippen LogP) is 0.527. The van der Waals surface area contributed by atoms with Gasteiger partial charge >= 0.3 is 7.41 Å². The minimum atomic E-state index is 0.308. The van der Waals surface area contributed by atoms with Crippen LogP contribution in [0.15, 0.2) is 41.1 Å². The van der Waals surface area contributed by atoms with Crippen LogP contribution in [-0.2, 0) is 25.8 Å². The highest BCUT2D eigenvalue weighted by atomic mass is 16.4. The van der Waals surface area contributed by atoms with Crippen molar-refractivity contribution in [2.75, 3.05) is 11.9 Å². The Balaban J connectivity index is 1.09. The van der Waals surface area contributed by atoms with E-state index in [0.29, 0.717) is 35.8 Å². The molecule has 0 spiro atoms. The average Bonchev–Trinajstić information content (AvgIpc) is 3.53. The van der Waals surface area contributed by atoms with E-state index < -0.39 is 0 Å². The Morgan fingerprint density at radius 1 is 1.03 bits per heavy atom. The van der Waals surface area contributed by atoms with Crippen LogP contribution < -0.4 is 11.1 Å². The summed E-state index contributed by atoms with van der Waals surface area (Å²) in [7, 11) is 1.85. The second kappa shape index (κ2) is 7.58. The van der Waals surface area contributed by atoms with Gasteiger partial charge in [-0.1, -0.05) is 24.3 Å². The van der Waals surface area contributed by atoms with Crippen LogP contribution in [-0.4, -0.2) is 60.4 Å². The summed E-state index contributed by atoms with van der Waals surface area (Å²) >= 11 is 0. The predicted molar refractivity (Wildman–Crippen MR) is 112 cm³/mol. The minimum Gasteiger partial charge on any atom is -0.430 e. The maximum Gasteiger partial charge on any atom is 0.328 e. The molecule has 0 fully saturated rings. The van der Waals surface area contributed by atoms with E-state index in [0.717, 1.165) is 37.2 Å². The number of benzene rings is 1. The first-order valence-electron chi connectivity index (χ1n) is 10.3. The SMILES string of the molecule is [B](c1nnc(-c2cnc(NC3Cc4ccccc4C3)nc2)o1)N1CCc2n[nH]nc2C1. The minimum absolute atomic E-state index is 0.308. The van der Waals surface area contributed by atoms with Crippen molar-refractivity contribution in [2.45, 2.75) is 31.8 Å². The molecule has 1 aliphatic carbocycles. The van der Waals surface area contributed by atoms with Crippen LogP contribution in [0.1, 0.15) is 22.5 Å². The van der Waals surface area contributed by atoms with Gasteiger partial charge in [-0.15, -0.1) is 10.2 Å². The van der Waals surface area contributed by atoms with Crippen LogP contribution in [0.3, 0.4) is 0 Å². The summed E-state index contributed by atoms with van der Waals surface area (Å²) in [5, 5.41) is 22.7. The van der Waals surface area contributed by atoms with E-state index in [1.54, 1.807) is 12.4 Å². The van der Waals surface area contributed by atoms with Crippen molar-refractivity contribution in [2.24, 2.45) is 0 Å². The van der Waals surface area contributed by atoms with Crippen LogP contribution in [0.25, 0.3) is 11.5 Å². The Morgan fingerprint density at radius 3 is 2.61 bits per heavy atom. The standard InChI is InChI=1S/C20H19BN9O/c1-2-4-13-8-15(7-12(13)3-1)24-20-22-9-14(10-23-20)18-27-28-19(31-18)21-30-6-5-16-17(11-30)26-29-25-16/h1-4,9-10,15H,5-8,11H2,(H,22,23,24)(H,25,26,29). The van der Waals surface area contributed by atoms with Gasteiger partial charge in [-0.05, 0) is 30.5 Å². The van der Waals surface area contributed by atoms with Gasteiger partial charge < -0.3 is 14.5 Å². The zero-order chi connectivity index (χ0) is 20.6. The number of anilines is 1. The molecule has 11 heteroatoms. The van der Waals surface area contributed by atoms with E-state index in [-0.39, 0.29) is 0 Å². The normalized spacial score (nSPS) is 16.1. The highest BCUT2D eigenvalue weighted by Gasteiger charge is 2.24. The van der Waals surface area contributed by atoms with Crippen LogP contribution in [0.4, 0.5) is 5.95 Å². The van der Waals surface area contributed by atoms with Crippen molar-refractivity contribution in [1.82, 2.24) is 40.4 Å². The Kier molecular flexibility index (Phi) is 4.45. The lowest BCUT2D eigenvalue weighted by atomic mass is 9.88. The number of H-pyrrole nitrogens is 1. The largest absolute Gasteiger partial charge is 0.430 e. The average molecular weight is 412 g/mol. The lowest BCUT2D eigenvalue weighted by Crippen LogP contribution is -2.40. The number of hydrogen-bond acceptors (Lipinski definition) is 9. The van der Waals surface area contributed by atoms with Gasteiger partial charge in [0.1, 0.15) is 0 Å². The van der Waals surface area contributed by atoms with Gasteiger partial charge in [-0.25, -0.2) is 9.97 Å². The molecule has 153 valence electrons. The molecule has 0 saturated carbocycles. The van der Waals surface area contributed by atoms with Gasteiger partial charge in [-0.2, -0.15) is 15.4 Å². The molecule has 4 heterocycles. The summed E-state index contributed by atoms with van der Waals surface area (Å²) in [6.45, 7) is 1.49. The van der Waals surface area contributed by atoms with Crippen molar-refractivity contribution in [3.63, 3.8) is 0 Å². The summed E-state index contributed by atoms with van der Waals surface area (Å²) < 4.78 is 5.79. The molecule has 0 atom stereocenters. The van der Waals surface area contributed by atoms with Crippen molar-refractivity contribution < 1.29 is 4.42 Å². The number of fused-ring (bicyclic) bond motifs is 2. The van der Waals surface area contributed by atoms with Gasteiger partial charge in [0.2, 0.25) is 11.8 Å². The molecule has 1 aromatic carbocycles. The first-order valence-corrected chi connectivity index (χ1v) is 10.3. The highest BCUT2D eigenvalue weighted by Crippen LogP contribution is 2.24. The molecule has 2 aliphatic rings. The van der Waals surface area contributed by atoms with Gasteiger partial charge in [0.25, 0.3) is 0 Å². The van der Waals surface area contributed by atoms with E-state index in [1.165, 1.54) is 11.1 Å². The molecule has 31 heavy (non-hydrogen) atoms. The molecular weight excluding hydrogens is 393 g/mol. The van der Waals surface area contributed by atoms with E-state index in [2.05, 4.69) is 70.0 Å². The smallest absolute Gasteiger partial charge is 0.328 e. The lowest BCUT2D eigenvalue weighted by molar-refractivity contribution is 0.409. The maximum atomic E-state index is 5.79. The summed E-state index contributed by atoms with van der Waals surface area (Å²) in [5.74, 6) is 1.43. The fourth-order valence-corrected chi connectivity index (χ4v) is 4.15. The molecule has 2 N–H and O–H groups in total. The number of aromatic amines is 1. The summed E-state index contributed by atoms with van der Waals surface area (Å²) in [5.41, 5.74) is 5.43. The summed E-state index contributed by atoms with van der Waals surface area (Å²) in [6, 6.07) is 8.83. The third-order valence-corrected chi connectivity index (χ3v) is 5.71. The number of rotatable bonds is 5.